The summed E-state index contributed by atoms with van der Waals surface area (Å²) in [5.41, 5.74) is -0.297. The van der Waals surface area contributed by atoms with Crippen LogP contribution in [-0.2, 0) is 6.18 Å². The molecule has 10 heteroatoms. The van der Waals surface area contributed by atoms with Crippen molar-refractivity contribution >= 4 is 11.8 Å². The molecule has 0 aliphatic carbocycles. The molecule has 0 aliphatic rings. The fourth-order valence-corrected chi connectivity index (χ4v) is 2.19. The van der Waals surface area contributed by atoms with Crippen LogP contribution in [0, 0.1) is 17.1 Å². The van der Waals surface area contributed by atoms with E-state index in [4.69, 9.17) is 11.1 Å². The highest BCUT2D eigenvalue weighted by atomic mass is 32.2. The maximum atomic E-state index is 13.4. The number of hydrogen-bond acceptors (Lipinski definition) is 5. The molecule has 0 radical (unpaired) electrons. The van der Waals surface area contributed by atoms with Crippen molar-refractivity contribution in [3.63, 3.8) is 0 Å². The minimum atomic E-state index is -4.75. The van der Waals surface area contributed by atoms with Crippen molar-refractivity contribution in [1.29, 1.82) is 5.26 Å². The number of rotatable bonds is 2. The Morgan fingerprint density at radius 2 is 2.00 bits per heavy atom. The second kappa shape index (κ2) is 5.01. The average Bonchev–Trinajstić information content (AvgIpc) is 2.71. The minimum Gasteiger partial charge on any atom is -0.335 e. The molecule has 0 bridgehead atoms. The zero-order valence-corrected chi connectivity index (χ0v) is 10.3. The van der Waals surface area contributed by atoms with Crippen LogP contribution in [0.2, 0.25) is 0 Å². The molecule has 0 unspecified atom stereocenters. The number of aromatic nitrogens is 3. The van der Waals surface area contributed by atoms with Crippen molar-refractivity contribution in [1.82, 2.24) is 14.9 Å². The normalized spacial score (nSPS) is 11.3. The zero-order chi connectivity index (χ0) is 14.9. The van der Waals surface area contributed by atoms with Gasteiger partial charge in [-0.25, -0.2) is 9.07 Å². The summed E-state index contributed by atoms with van der Waals surface area (Å²) in [4.78, 5) is 0.0975. The quantitative estimate of drug-likeness (QED) is 0.679. The lowest BCUT2D eigenvalue weighted by Crippen LogP contribution is -2.21. The summed E-state index contributed by atoms with van der Waals surface area (Å²) in [6.07, 6.45) is -4.75. The van der Waals surface area contributed by atoms with Crippen LogP contribution in [0.3, 0.4) is 0 Å². The van der Waals surface area contributed by atoms with Gasteiger partial charge in [-0.15, -0.1) is 10.2 Å². The first kappa shape index (κ1) is 14.1. The Hall–Kier alpha value is -2.28. The Morgan fingerprint density at radius 1 is 1.30 bits per heavy atom. The molecule has 2 N–H and O–H groups in total. The van der Waals surface area contributed by atoms with E-state index in [1.807, 2.05) is 0 Å². The Bertz CT molecular complexity index is 688. The molecule has 1 aromatic carbocycles. The van der Waals surface area contributed by atoms with Crippen molar-refractivity contribution in [2.45, 2.75) is 16.2 Å². The number of nitrogen functional groups attached to an aromatic ring is 1. The number of alkyl halides is 3. The number of halogens is 4. The summed E-state index contributed by atoms with van der Waals surface area (Å²) in [6.45, 7) is 0. The Balaban J connectivity index is 2.40. The van der Waals surface area contributed by atoms with Crippen LogP contribution in [-0.4, -0.2) is 14.9 Å². The molecule has 0 saturated carbocycles. The summed E-state index contributed by atoms with van der Waals surface area (Å²) in [5, 5.41) is 14.7. The van der Waals surface area contributed by atoms with Gasteiger partial charge in [-0.2, -0.15) is 18.4 Å². The van der Waals surface area contributed by atoms with E-state index in [1.54, 1.807) is 6.07 Å². The second-order valence-corrected chi connectivity index (χ2v) is 4.51. The molecule has 0 amide bonds. The van der Waals surface area contributed by atoms with Crippen molar-refractivity contribution in [2.24, 2.45) is 0 Å². The average molecular weight is 303 g/mol. The van der Waals surface area contributed by atoms with E-state index in [0.717, 1.165) is 6.07 Å². The molecule has 0 atom stereocenters. The van der Waals surface area contributed by atoms with Gasteiger partial charge in [0.25, 0.3) is 5.82 Å². The summed E-state index contributed by atoms with van der Waals surface area (Å²) < 4.78 is 51.1. The second-order valence-electron chi connectivity index (χ2n) is 3.50. The first-order chi connectivity index (χ1) is 9.34. The number of benzene rings is 1. The third-order valence-corrected chi connectivity index (χ3v) is 3.23. The van der Waals surface area contributed by atoms with E-state index in [1.165, 1.54) is 12.1 Å². The highest BCUT2D eigenvalue weighted by Gasteiger charge is 2.38. The van der Waals surface area contributed by atoms with Gasteiger partial charge < -0.3 is 5.84 Å². The van der Waals surface area contributed by atoms with Crippen molar-refractivity contribution < 1.29 is 17.6 Å². The zero-order valence-electron chi connectivity index (χ0n) is 9.52. The van der Waals surface area contributed by atoms with Gasteiger partial charge in [0.1, 0.15) is 17.4 Å². The summed E-state index contributed by atoms with van der Waals surface area (Å²) in [5.74, 6) is 3.08. The molecule has 104 valence electrons. The Labute approximate surface area is 114 Å². The van der Waals surface area contributed by atoms with Crippen molar-refractivity contribution in [3.05, 3.63) is 35.4 Å². The maximum absolute atomic E-state index is 13.4. The van der Waals surface area contributed by atoms with Crippen LogP contribution in [0.25, 0.3) is 0 Å². The summed E-state index contributed by atoms with van der Waals surface area (Å²) in [7, 11) is 0. The van der Waals surface area contributed by atoms with Crippen molar-refractivity contribution in [2.75, 3.05) is 5.84 Å². The highest BCUT2D eigenvalue weighted by Crippen LogP contribution is 2.33. The van der Waals surface area contributed by atoms with E-state index < -0.39 is 17.8 Å². The predicted molar refractivity (Wildman–Crippen MR) is 60.4 cm³/mol. The first-order valence-electron chi connectivity index (χ1n) is 4.98. The van der Waals surface area contributed by atoms with Gasteiger partial charge in [0.2, 0.25) is 5.16 Å². The fraction of sp³-hybridized carbons (Fsp3) is 0.100. The van der Waals surface area contributed by atoms with Gasteiger partial charge in [-0.05, 0) is 23.9 Å². The van der Waals surface area contributed by atoms with Gasteiger partial charge in [-0.3, -0.25) is 0 Å². The van der Waals surface area contributed by atoms with Crippen LogP contribution in [0.1, 0.15) is 11.4 Å². The Kier molecular flexibility index (Phi) is 3.54. The number of nitriles is 1. The van der Waals surface area contributed by atoms with E-state index in [2.05, 4.69) is 10.2 Å². The molecular formula is C10H5F4N5S. The molecule has 0 fully saturated rings. The predicted octanol–water partition coefficient (Wildman–Crippen LogP) is 2.17. The lowest BCUT2D eigenvalue weighted by atomic mass is 10.2. The van der Waals surface area contributed by atoms with Gasteiger partial charge in [0.15, 0.2) is 0 Å². The lowest BCUT2D eigenvalue weighted by molar-refractivity contribution is -0.146. The lowest BCUT2D eigenvalue weighted by Gasteiger charge is -2.06. The van der Waals surface area contributed by atoms with E-state index >= 15 is 0 Å². The fourth-order valence-electron chi connectivity index (χ4n) is 1.34. The molecule has 1 aromatic heterocycles. The molecule has 0 spiro atoms. The standard InChI is InChI=1S/C10H5F4N5S/c11-6-2-1-3-7(5(6)4-15)20-9-18-17-8(19(9)16)10(12,13)14/h1-3H,16H2. The van der Waals surface area contributed by atoms with E-state index in [-0.39, 0.29) is 20.3 Å². The largest absolute Gasteiger partial charge is 0.453 e. The third-order valence-electron chi connectivity index (χ3n) is 2.21. The van der Waals surface area contributed by atoms with Crippen molar-refractivity contribution in [3.8, 4) is 6.07 Å². The van der Waals surface area contributed by atoms with Crippen LogP contribution >= 0.6 is 11.8 Å². The van der Waals surface area contributed by atoms with Crippen LogP contribution < -0.4 is 5.84 Å². The van der Waals surface area contributed by atoms with E-state index in [0.29, 0.717) is 11.8 Å². The number of nitrogens with zero attached hydrogens (tertiary/aromatic N) is 4. The number of nitrogens with two attached hydrogens (primary N) is 1. The monoisotopic (exact) mass is 303 g/mol. The Morgan fingerprint density at radius 3 is 2.55 bits per heavy atom. The molecule has 5 nitrogen and oxygen atoms in total. The molecule has 20 heavy (non-hydrogen) atoms. The molecule has 2 rings (SSSR count). The molecule has 0 aliphatic heterocycles. The van der Waals surface area contributed by atoms with Gasteiger partial charge in [0, 0.05) is 4.90 Å². The minimum absolute atomic E-state index is 0.0975. The summed E-state index contributed by atoms with van der Waals surface area (Å²) in [6, 6.07) is 5.38. The molecular weight excluding hydrogens is 298 g/mol. The van der Waals surface area contributed by atoms with Crippen LogP contribution in [0.4, 0.5) is 17.6 Å². The highest BCUT2D eigenvalue weighted by molar-refractivity contribution is 7.99. The maximum Gasteiger partial charge on any atom is 0.453 e. The first-order valence-corrected chi connectivity index (χ1v) is 5.80. The van der Waals surface area contributed by atoms with Gasteiger partial charge in [0.05, 0.1) is 0 Å². The van der Waals surface area contributed by atoms with Gasteiger partial charge in [-0.1, -0.05) is 6.07 Å². The van der Waals surface area contributed by atoms with Gasteiger partial charge >= 0.3 is 6.18 Å². The van der Waals surface area contributed by atoms with E-state index in [9.17, 15) is 17.6 Å². The number of hydrogen-bond donors (Lipinski definition) is 1. The summed E-state index contributed by atoms with van der Waals surface area (Å²) >= 11 is 0.618. The van der Waals surface area contributed by atoms with Crippen LogP contribution in [0.15, 0.2) is 28.3 Å². The third kappa shape index (κ3) is 2.53. The molecule has 2 aromatic rings. The smallest absolute Gasteiger partial charge is 0.335 e. The SMILES string of the molecule is N#Cc1c(F)cccc1Sc1nnc(C(F)(F)F)n1N. The molecule has 1 heterocycles. The molecule has 0 saturated heterocycles. The topological polar surface area (TPSA) is 80.5 Å². The van der Waals surface area contributed by atoms with Crippen LogP contribution in [0.5, 0.6) is 0 Å².